The zero-order valence-corrected chi connectivity index (χ0v) is 9.76. The molecule has 0 atom stereocenters. The molecule has 1 nitrogen and oxygen atoms in total. The molecule has 2 aromatic carbocycles. The molecule has 0 heterocycles. The molecule has 0 amide bonds. The average Bonchev–Trinajstić information content (AvgIpc) is 2.16. The quantitative estimate of drug-likeness (QED) is 0.746. The van der Waals surface area contributed by atoms with Crippen molar-refractivity contribution in [1.82, 2.24) is 0 Å². The lowest BCUT2D eigenvalue weighted by molar-refractivity contribution is 0.415. The summed E-state index contributed by atoms with van der Waals surface area (Å²) in [5.74, 6) is 0.910. The van der Waals surface area contributed by atoms with Crippen molar-refractivity contribution < 1.29 is 4.74 Å². The van der Waals surface area contributed by atoms with E-state index in [1.54, 1.807) is 7.11 Å². The molecule has 0 aromatic heterocycles. The highest BCUT2D eigenvalue weighted by Crippen LogP contribution is 2.27. The van der Waals surface area contributed by atoms with Crippen LogP contribution in [0.2, 0.25) is 0 Å². The topological polar surface area (TPSA) is 9.23 Å². The first-order valence-corrected chi connectivity index (χ1v) is 5.24. The van der Waals surface area contributed by atoms with E-state index in [1.807, 2.05) is 6.07 Å². The highest BCUT2D eigenvalue weighted by atomic mass is 79.9. The smallest absolute Gasteiger partial charge is 0.119 e. The summed E-state index contributed by atoms with van der Waals surface area (Å²) in [5.41, 5.74) is 1.24. The first-order valence-electron chi connectivity index (χ1n) is 4.44. The molecule has 0 spiro atoms. The third-order valence-corrected chi connectivity index (χ3v) is 2.82. The molecule has 72 valence electrons. The summed E-state index contributed by atoms with van der Waals surface area (Å²) in [6.07, 6.45) is 0. The average molecular weight is 251 g/mol. The second-order valence-electron chi connectivity index (χ2n) is 3.31. The third-order valence-electron chi connectivity index (χ3n) is 2.33. The second kappa shape index (κ2) is 3.62. The summed E-state index contributed by atoms with van der Waals surface area (Å²) < 4.78 is 6.32. The second-order valence-corrected chi connectivity index (χ2v) is 4.23. The number of hydrogen-bond acceptors (Lipinski definition) is 1. The van der Waals surface area contributed by atoms with Crippen LogP contribution < -0.4 is 4.74 Å². The van der Waals surface area contributed by atoms with Crippen LogP contribution in [0.4, 0.5) is 0 Å². The minimum absolute atomic E-state index is 0.910. The van der Waals surface area contributed by atoms with E-state index >= 15 is 0 Å². The lowest BCUT2D eigenvalue weighted by atomic mass is 10.1. The van der Waals surface area contributed by atoms with Gasteiger partial charge in [0.25, 0.3) is 0 Å². The summed E-state index contributed by atoms with van der Waals surface area (Å²) >= 11 is 3.46. The normalized spacial score (nSPS) is 10.5. The fraction of sp³-hybridized carbons (Fsp3) is 0.167. The van der Waals surface area contributed by atoms with E-state index in [1.165, 1.54) is 16.3 Å². The number of ether oxygens (including phenoxy) is 1. The number of rotatable bonds is 1. The van der Waals surface area contributed by atoms with Crippen LogP contribution in [0.25, 0.3) is 10.8 Å². The molecule has 0 bridgehead atoms. The van der Waals surface area contributed by atoms with Crippen molar-refractivity contribution in [3.63, 3.8) is 0 Å². The SMILES string of the molecule is COc1cc(C)c2ccc(Br)cc2c1. The van der Waals surface area contributed by atoms with Crippen molar-refractivity contribution in [2.24, 2.45) is 0 Å². The molecule has 0 fully saturated rings. The predicted octanol–water partition coefficient (Wildman–Crippen LogP) is 3.92. The van der Waals surface area contributed by atoms with Gasteiger partial charge in [0.05, 0.1) is 7.11 Å². The molecule has 0 unspecified atom stereocenters. The van der Waals surface area contributed by atoms with Crippen molar-refractivity contribution in [2.45, 2.75) is 6.92 Å². The number of halogens is 1. The zero-order chi connectivity index (χ0) is 10.1. The van der Waals surface area contributed by atoms with E-state index in [0.717, 1.165) is 10.2 Å². The maximum atomic E-state index is 5.23. The van der Waals surface area contributed by atoms with Gasteiger partial charge in [0.2, 0.25) is 0 Å². The van der Waals surface area contributed by atoms with Gasteiger partial charge in [-0.15, -0.1) is 0 Å². The first kappa shape index (κ1) is 9.53. The Balaban J connectivity index is 2.77. The molecular formula is C12H11BrO. The molecule has 0 N–H and O–H groups in total. The number of aryl methyl sites for hydroxylation is 1. The molecular weight excluding hydrogens is 240 g/mol. The summed E-state index contributed by atoms with van der Waals surface area (Å²) in [5, 5.41) is 2.48. The first-order chi connectivity index (χ1) is 6.70. The third kappa shape index (κ3) is 1.62. The van der Waals surface area contributed by atoms with Gasteiger partial charge in [-0.1, -0.05) is 22.0 Å². The molecule has 2 rings (SSSR count). The summed E-state index contributed by atoms with van der Waals surface area (Å²) in [6.45, 7) is 2.10. The molecule has 0 saturated carbocycles. The molecule has 0 saturated heterocycles. The Kier molecular flexibility index (Phi) is 2.46. The van der Waals surface area contributed by atoms with Crippen molar-refractivity contribution in [1.29, 1.82) is 0 Å². The lowest BCUT2D eigenvalue weighted by Gasteiger charge is -2.06. The van der Waals surface area contributed by atoms with Gasteiger partial charge >= 0.3 is 0 Å². The van der Waals surface area contributed by atoms with Crippen molar-refractivity contribution >= 4 is 26.7 Å². The van der Waals surface area contributed by atoms with Crippen LogP contribution in [0.3, 0.4) is 0 Å². The van der Waals surface area contributed by atoms with Crippen LogP contribution in [0.15, 0.2) is 34.8 Å². The Bertz CT molecular complexity index is 477. The Morgan fingerprint density at radius 2 is 1.93 bits per heavy atom. The molecule has 0 aliphatic heterocycles. The van der Waals surface area contributed by atoms with Crippen molar-refractivity contribution in [3.8, 4) is 5.75 Å². The Labute approximate surface area is 91.8 Å². The van der Waals surface area contributed by atoms with Crippen LogP contribution in [-0.2, 0) is 0 Å². The number of benzene rings is 2. The van der Waals surface area contributed by atoms with Crippen LogP contribution in [0, 0.1) is 6.92 Å². The van der Waals surface area contributed by atoms with Crippen LogP contribution >= 0.6 is 15.9 Å². The van der Waals surface area contributed by atoms with Gasteiger partial charge in [-0.2, -0.15) is 0 Å². The molecule has 0 aliphatic rings. The molecule has 0 aliphatic carbocycles. The molecule has 14 heavy (non-hydrogen) atoms. The molecule has 0 radical (unpaired) electrons. The van der Waals surface area contributed by atoms with E-state index in [-0.39, 0.29) is 0 Å². The standard InChI is InChI=1S/C12H11BrO/c1-8-5-11(14-2)7-9-6-10(13)3-4-12(8)9/h3-7H,1-2H3. The molecule has 2 heteroatoms. The van der Waals surface area contributed by atoms with Gasteiger partial charge in [-0.05, 0) is 47.5 Å². The van der Waals surface area contributed by atoms with Gasteiger partial charge in [-0.25, -0.2) is 0 Å². The van der Waals surface area contributed by atoms with Gasteiger partial charge in [0, 0.05) is 4.47 Å². The monoisotopic (exact) mass is 250 g/mol. The fourth-order valence-electron chi connectivity index (χ4n) is 1.62. The highest BCUT2D eigenvalue weighted by Gasteiger charge is 2.01. The highest BCUT2D eigenvalue weighted by molar-refractivity contribution is 9.10. The Morgan fingerprint density at radius 3 is 2.64 bits per heavy atom. The van der Waals surface area contributed by atoms with Gasteiger partial charge in [0.1, 0.15) is 5.75 Å². The lowest BCUT2D eigenvalue weighted by Crippen LogP contribution is -1.85. The Morgan fingerprint density at radius 1 is 1.14 bits per heavy atom. The van der Waals surface area contributed by atoms with Crippen LogP contribution in [0.1, 0.15) is 5.56 Å². The Hall–Kier alpha value is -1.02. The van der Waals surface area contributed by atoms with Crippen LogP contribution in [-0.4, -0.2) is 7.11 Å². The predicted molar refractivity (Wildman–Crippen MR) is 62.9 cm³/mol. The minimum Gasteiger partial charge on any atom is -0.497 e. The minimum atomic E-state index is 0.910. The summed E-state index contributed by atoms with van der Waals surface area (Å²) in [6, 6.07) is 10.4. The maximum Gasteiger partial charge on any atom is 0.119 e. The van der Waals surface area contributed by atoms with E-state index in [9.17, 15) is 0 Å². The van der Waals surface area contributed by atoms with Crippen molar-refractivity contribution in [3.05, 3.63) is 40.4 Å². The van der Waals surface area contributed by atoms with Crippen molar-refractivity contribution in [2.75, 3.05) is 7.11 Å². The number of fused-ring (bicyclic) bond motifs is 1. The van der Waals surface area contributed by atoms with E-state index in [4.69, 9.17) is 4.74 Å². The van der Waals surface area contributed by atoms with Crippen LogP contribution in [0.5, 0.6) is 5.75 Å². The number of methoxy groups -OCH3 is 1. The van der Waals surface area contributed by atoms with Gasteiger partial charge in [-0.3, -0.25) is 0 Å². The van der Waals surface area contributed by atoms with Gasteiger partial charge in [0.15, 0.2) is 0 Å². The van der Waals surface area contributed by atoms with Gasteiger partial charge < -0.3 is 4.74 Å². The number of hydrogen-bond donors (Lipinski definition) is 0. The fourth-order valence-corrected chi connectivity index (χ4v) is 1.99. The summed E-state index contributed by atoms with van der Waals surface area (Å²) in [4.78, 5) is 0. The van der Waals surface area contributed by atoms with E-state index < -0.39 is 0 Å². The largest absolute Gasteiger partial charge is 0.497 e. The van der Waals surface area contributed by atoms with E-state index in [2.05, 4.69) is 47.1 Å². The molecule has 2 aromatic rings. The maximum absolute atomic E-state index is 5.23. The summed E-state index contributed by atoms with van der Waals surface area (Å²) in [7, 11) is 1.69. The van der Waals surface area contributed by atoms with E-state index in [0.29, 0.717) is 0 Å². The zero-order valence-electron chi connectivity index (χ0n) is 8.17.